The van der Waals surface area contributed by atoms with Gasteiger partial charge in [-0.1, -0.05) is 29.8 Å². The number of aromatic nitrogens is 5. The van der Waals surface area contributed by atoms with Crippen molar-refractivity contribution >= 4 is 26.7 Å². The van der Waals surface area contributed by atoms with Gasteiger partial charge in [-0.3, -0.25) is 0 Å². The Bertz CT molecular complexity index is 1560. The number of hydrogen-bond donors (Lipinski definition) is 0. The highest BCUT2D eigenvalue weighted by atomic mass is 32.2. The molecule has 0 aliphatic rings. The number of nitrogens with zero attached hydrogens (tertiary/aromatic N) is 6. The van der Waals surface area contributed by atoms with Crippen molar-refractivity contribution in [2.24, 2.45) is 0 Å². The molecule has 0 radical (unpaired) electrons. The second kappa shape index (κ2) is 7.25. The molecule has 0 saturated carbocycles. The Hall–Kier alpha value is -3.56. The second-order valence-corrected chi connectivity index (χ2v) is 10.1. The van der Waals surface area contributed by atoms with Crippen LogP contribution in [0.5, 0.6) is 0 Å². The normalized spacial score (nSPS) is 12.3. The van der Waals surface area contributed by atoms with Crippen LogP contribution in [0.25, 0.3) is 33.5 Å². The predicted molar refractivity (Wildman–Crippen MR) is 123 cm³/mol. The van der Waals surface area contributed by atoms with E-state index in [1.54, 1.807) is 23.0 Å². The van der Waals surface area contributed by atoms with E-state index in [4.69, 9.17) is 0 Å². The van der Waals surface area contributed by atoms with Crippen molar-refractivity contribution in [1.29, 1.82) is 0 Å². The summed E-state index contributed by atoms with van der Waals surface area (Å²) in [7, 11) is -0.458. The highest BCUT2D eigenvalue weighted by molar-refractivity contribution is 7.89. The first-order chi connectivity index (χ1) is 15.3. The van der Waals surface area contributed by atoms with Gasteiger partial charge in [-0.2, -0.15) is 5.10 Å². The predicted octanol–water partition coefficient (Wildman–Crippen LogP) is 3.60. The van der Waals surface area contributed by atoms with E-state index in [1.165, 1.54) is 24.0 Å². The summed E-state index contributed by atoms with van der Waals surface area (Å²) in [6.45, 7) is 3.89. The molecule has 0 spiro atoms. The molecule has 8 nitrogen and oxygen atoms in total. The van der Waals surface area contributed by atoms with Gasteiger partial charge in [0.2, 0.25) is 10.0 Å². The third-order valence-corrected chi connectivity index (χ3v) is 7.31. The lowest BCUT2D eigenvalue weighted by atomic mass is 10.1. The lowest BCUT2D eigenvalue weighted by molar-refractivity contribution is 0.521. The fourth-order valence-electron chi connectivity index (χ4n) is 3.77. The van der Waals surface area contributed by atoms with Crippen LogP contribution in [-0.4, -0.2) is 51.0 Å². The van der Waals surface area contributed by atoms with Gasteiger partial charge in [0.15, 0.2) is 11.3 Å². The van der Waals surface area contributed by atoms with Crippen molar-refractivity contribution in [2.45, 2.75) is 18.7 Å². The van der Waals surface area contributed by atoms with E-state index in [1.807, 2.05) is 48.9 Å². The Morgan fingerprint density at radius 1 is 0.906 bits per heavy atom. The van der Waals surface area contributed by atoms with E-state index >= 15 is 0 Å². The average molecular weight is 447 g/mol. The fraction of sp³-hybridized carbons (Fsp3) is 0.174. The Morgan fingerprint density at radius 3 is 2.25 bits per heavy atom. The van der Waals surface area contributed by atoms with E-state index in [-0.39, 0.29) is 4.90 Å². The first-order valence-electron chi connectivity index (χ1n) is 10.1. The Kier molecular flexibility index (Phi) is 4.61. The highest BCUT2D eigenvalue weighted by Crippen LogP contribution is 2.34. The molecule has 9 heteroatoms. The van der Waals surface area contributed by atoms with Crippen molar-refractivity contribution < 1.29 is 8.42 Å². The molecule has 5 aromatic rings. The Balaban J connectivity index is 1.77. The molecule has 0 N–H and O–H groups in total. The summed E-state index contributed by atoms with van der Waals surface area (Å²) in [5, 5.41) is 5.26. The first-order valence-corrected chi connectivity index (χ1v) is 11.5. The molecule has 0 fully saturated rings. The number of hydrogen-bond acceptors (Lipinski definition) is 5. The molecule has 0 atom stereocenters. The van der Waals surface area contributed by atoms with Crippen LogP contribution in [0.1, 0.15) is 11.4 Å². The lowest BCUT2D eigenvalue weighted by Gasteiger charge is -2.11. The molecule has 5 rings (SSSR count). The third-order valence-electron chi connectivity index (χ3n) is 5.49. The van der Waals surface area contributed by atoms with Gasteiger partial charge in [0, 0.05) is 31.5 Å². The number of aryl methyl sites for hydroxylation is 2. The molecule has 0 bridgehead atoms. The van der Waals surface area contributed by atoms with Crippen LogP contribution < -0.4 is 0 Å². The second-order valence-electron chi connectivity index (χ2n) is 7.93. The molecule has 0 unspecified atom stereocenters. The summed E-state index contributed by atoms with van der Waals surface area (Å²) < 4.78 is 29.9. The third kappa shape index (κ3) is 3.17. The number of sulfonamides is 1. The Morgan fingerprint density at radius 2 is 1.59 bits per heavy atom. The number of rotatable bonds is 4. The largest absolute Gasteiger partial charge is 0.301 e. The van der Waals surface area contributed by atoms with Gasteiger partial charge in [-0.25, -0.2) is 27.2 Å². The van der Waals surface area contributed by atoms with Gasteiger partial charge >= 0.3 is 0 Å². The zero-order valence-electron chi connectivity index (χ0n) is 18.2. The summed E-state index contributed by atoms with van der Waals surface area (Å²) >= 11 is 0. The minimum absolute atomic E-state index is 0.245. The summed E-state index contributed by atoms with van der Waals surface area (Å²) in [6, 6.07) is 15.1. The summed E-state index contributed by atoms with van der Waals surface area (Å²) in [6.07, 6.45) is 3.68. The maximum atomic E-state index is 12.5. The molecule has 0 amide bonds. The molecule has 2 aromatic carbocycles. The van der Waals surface area contributed by atoms with Gasteiger partial charge in [0.25, 0.3) is 0 Å². The molecular weight excluding hydrogens is 424 g/mol. The van der Waals surface area contributed by atoms with E-state index in [0.717, 1.165) is 27.8 Å². The number of benzene rings is 2. The minimum atomic E-state index is -3.50. The molecule has 0 aliphatic carbocycles. The van der Waals surface area contributed by atoms with Crippen molar-refractivity contribution in [2.75, 3.05) is 14.1 Å². The molecule has 3 aromatic heterocycles. The molecular formula is C23H22N6O2S. The molecule has 0 aliphatic heterocycles. The van der Waals surface area contributed by atoms with Gasteiger partial charge in [0.05, 0.1) is 10.3 Å². The van der Waals surface area contributed by atoms with Crippen LogP contribution in [0, 0.1) is 13.8 Å². The van der Waals surface area contributed by atoms with Crippen molar-refractivity contribution in [3.63, 3.8) is 0 Å². The van der Waals surface area contributed by atoms with Crippen LogP contribution in [0.15, 0.2) is 66.0 Å². The average Bonchev–Trinajstić information content (AvgIpc) is 3.34. The smallest absolute Gasteiger partial charge is 0.242 e. The zero-order chi connectivity index (χ0) is 22.6. The van der Waals surface area contributed by atoms with Crippen molar-refractivity contribution in [3.8, 4) is 16.8 Å². The highest BCUT2D eigenvalue weighted by Gasteiger charge is 2.20. The van der Waals surface area contributed by atoms with Gasteiger partial charge in [-0.05, 0) is 43.7 Å². The maximum absolute atomic E-state index is 12.5. The van der Waals surface area contributed by atoms with Crippen LogP contribution >= 0.6 is 0 Å². The van der Waals surface area contributed by atoms with Crippen LogP contribution in [0.3, 0.4) is 0 Å². The van der Waals surface area contributed by atoms with Crippen molar-refractivity contribution in [1.82, 2.24) is 28.5 Å². The van der Waals surface area contributed by atoms with Gasteiger partial charge in [0.1, 0.15) is 12.2 Å². The lowest BCUT2D eigenvalue weighted by Crippen LogP contribution is -2.22. The SMILES string of the molecule is Cc1ccc(-n2cc(-c3ccc(S(=O)(=O)N(C)C)cc3)c3c2ncn2nc(C)nc32)cc1. The fourth-order valence-corrected chi connectivity index (χ4v) is 4.67. The van der Waals surface area contributed by atoms with E-state index < -0.39 is 10.0 Å². The standard InChI is InChI=1S/C23H22N6O2S/c1-15-5-9-18(10-6-15)28-13-20(17-7-11-19(12-8-17)32(30,31)27(3)4)21-22(28)24-14-29-23(21)25-16(2)26-29/h5-14H,1-4H3. The molecule has 32 heavy (non-hydrogen) atoms. The van der Waals surface area contributed by atoms with E-state index in [2.05, 4.69) is 27.2 Å². The van der Waals surface area contributed by atoms with E-state index in [9.17, 15) is 8.42 Å². The Labute approximate surface area is 185 Å². The summed E-state index contributed by atoms with van der Waals surface area (Å²) in [5.74, 6) is 0.653. The van der Waals surface area contributed by atoms with E-state index in [0.29, 0.717) is 11.5 Å². The van der Waals surface area contributed by atoms with Crippen LogP contribution in [0.2, 0.25) is 0 Å². The maximum Gasteiger partial charge on any atom is 0.242 e. The van der Waals surface area contributed by atoms with Gasteiger partial charge < -0.3 is 4.57 Å². The summed E-state index contributed by atoms with van der Waals surface area (Å²) in [5.41, 5.74) is 5.39. The minimum Gasteiger partial charge on any atom is -0.301 e. The van der Waals surface area contributed by atoms with Crippen LogP contribution in [0.4, 0.5) is 0 Å². The quantitative estimate of drug-likeness (QED) is 0.421. The van der Waals surface area contributed by atoms with Crippen LogP contribution in [-0.2, 0) is 10.0 Å². The zero-order valence-corrected chi connectivity index (χ0v) is 19.0. The monoisotopic (exact) mass is 446 g/mol. The molecule has 0 saturated heterocycles. The van der Waals surface area contributed by atoms with Crippen molar-refractivity contribution in [3.05, 3.63) is 72.4 Å². The van der Waals surface area contributed by atoms with Gasteiger partial charge in [-0.15, -0.1) is 0 Å². The summed E-state index contributed by atoms with van der Waals surface area (Å²) in [4.78, 5) is 9.54. The number of fused-ring (bicyclic) bond motifs is 3. The topological polar surface area (TPSA) is 85.4 Å². The molecule has 162 valence electrons. The first kappa shape index (κ1) is 20.3. The molecule has 3 heterocycles.